The lowest BCUT2D eigenvalue weighted by Gasteiger charge is -2.30. The van der Waals surface area contributed by atoms with Crippen LogP contribution in [0.4, 0.5) is 5.69 Å². The Balaban J connectivity index is 2.26. The van der Waals surface area contributed by atoms with Crippen LogP contribution >= 0.6 is 11.6 Å². The van der Waals surface area contributed by atoms with Crippen LogP contribution in [0, 0.1) is 0 Å². The van der Waals surface area contributed by atoms with Crippen molar-refractivity contribution in [3.8, 4) is 0 Å². The Bertz CT molecular complexity index is 381. The van der Waals surface area contributed by atoms with Gasteiger partial charge < -0.3 is 10.6 Å². The first kappa shape index (κ1) is 10.5. The molecule has 1 aliphatic heterocycles. The molecule has 0 saturated carbocycles. The summed E-state index contributed by atoms with van der Waals surface area (Å²) in [5, 5.41) is 0.638. The molecule has 1 amide bonds. The number of nitrogens with two attached hydrogens (primary N) is 1. The highest BCUT2D eigenvalue weighted by Crippen LogP contribution is 2.23. The average molecular weight is 225 g/mol. The predicted octanol–water partition coefficient (Wildman–Crippen LogP) is 1.79. The van der Waals surface area contributed by atoms with Gasteiger partial charge in [0.2, 0.25) is 5.91 Å². The van der Waals surface area contributed by atoms with Gasteiger partial charge in [-0.15, -0.1) is 0 Å². The summed E-state index contributed by atoms with van der Waals surface area (Å²) in [6, 6.07) is 6.93. The molecule has 0 spiro atoms. The summed E-state index contributed by atoms with van der Waals surface area (Å²) in [6.45, 7) is 0.729. The van der Waals surface area contributed by atoms with Gasteiger partial charge in [0.1, 0.15) is 0 Å². The van der Waals surface area contributed by atoms with E-state index in [0.29, 0.717) is 5.02 Å². The summed E-state index contributed by atoms with van der Waals surface area (Å²) >= 11 is 5.88. The number of nitrogens with zero attached hydrogens (tertiary/aromatic N) is 1. The summed E-state index contributed by atoms with van der Waals surface area (Å²) in [4.78, 5) is 13.5. The number of anilines is 1. The maximum Gasteiger partial charge on any atom is 0.243 e. The molecule has 3 nitrogen and oxygen atoms in total. The Labute approximate surface area is 93.8 Å². The van der Waals surface area contributed by atoms with Crippen LogP contribution in [-0.2, 0) is 4.79 Å². The van der Waals surface area contributed by atoms with E-state index in [1.165, 1.54) is 0 Å². The third kappa shape index (κ3) is 2.13. The average Bonchev–Trinajstić information content (AvgIpc) is 2.22. The van der Waals surface area contributed by atoms with Gasteiger partial charge in [0.15, 0.2) is 0 Å². The number of carbonyl (C=O) groups is 1. The monoisotopic (exact) mass is 224 g/mol. The first-order valence-electron chi connectivity index (χ1n) is 5.01. The second-order valence-corrected chi connectivity index (χ2v) is 4.15. The lowest BCUT2D eigenvalue weighted by molar-refractivity contribution is -0.120. The second kappa shape index (κ2) is 4.21. The lowest BCUT2D eigenvalue weighted by atomic mass is 10.1. The molecule has 0 bridgehead atoms. The number of halogens is 1. The highest BCUT2D eigenvalue weighted by atomic mass is 35.5. The molecule has 1 atom stereocenters. The zero-order valence-electron chi connectivity index (χ0n) is 8.32. The summed E-state index contributed by atoms with van der Waals surface area (Å²) in [7, 11) is 0. The normalized spacial score (nSPS) is 21.9. The van der Waals surface area contributed by atoms with Gasteiger partial charge in [0.25, 0.3) is 0 Å². The van der Waals surface area contributed by atoms with Crippen molar-refractivity contribution < 1.29 is 4.79 Å². The smallest absolute Gasteiger partial charge is 0.243 e. The standard InChI is InChI=1S/C11H13ClN2O/c12-8-3-1-4-9(7-8)14-6-2-5-10(13)11(14)15/h1,3-4,7,10H,2,5-6,13H2. The number of piperidine rings is 1. The Morgan fingerprint density at radius 1 is 1.47 bits per heavy atom. The molecule has 0 radical (unpaired) electrons. The van der Waals surface area contributed by atoms with E-state index in [-0.39, 0.29) is 11.9 Å². The molecule has 15 heavy (non-hydrogen) atoms. The van der Waals surface area contributed by atoms with Gasteiger partial charge in [-0.25, -0.2) is 0 Å². The zero-order chi connectivity index (χ0) is 10.8. The van der Waals surface area contributed by atoms with E-state index in [2.05, 4.69) is 0 Å². The Morgan fingerprint density at radius 3 is 3.00 bits per heavy atom. The molecule has 1 fully saturated rings. The lowest BCUT2D eigenvalue weighted by Crippen LogP contribution is -2.48. The zero-order valence-corrected chi connectivity index (χ0v) is 9.07. The third-order valence-electron chi connectivity index (χ3n) is 2.60. The van der Waals surface area contributed by atoms with Gasteiger partial charge in [-0.1, -0.05) is 17.7 Å². The minimum Gasteiger partial charge on any atom is -0.320 e. The van der Waals surface area contributed by atoms with Crippen LogP contribution in [0.1, 0.15) is 12.8 Å². The van der Waals surface area contributed by atoms with Crippen LogP contribution in [-0.4, -0.2) is 18.5 Å². The summed E-state index contributed by atoms with van der Waals surface area (Å²) in [5.41, 5.74) is 6.56. The number of hydrogen-bond acceptors (Lipinski definition) is 2. The van der Waals surface area contributed by atoms with Crippen LogP contribution in [0.2, 0.25) is 5.02 Å². The number of hydrogen-bond donors (Lipinski definition) is 1. The summed E-state index contributed by atoms with van der Waals surface area (Å²) in [6.07, 6.45) is 1.72. The van der Waals surface area contributed by atoms with Crippen molar-refractivity contribution in [3.05, 3.63) is 29.3 Å². The van der Waals surface area contributed by atoms with Crippen molar-refractivity contribution in [3.63, 3.8) is 0 Å². The molecular weight excluding hydrogens is 212 g/mol. The minimum absolute atomic E-state index is 0.0106. The second-order valence-electron chi connectivity index (χ2n) is 3.72. The van der Waals surface area contributed by atoms with Crippen LogP contribution in [0.3, 0.4) is 0 Å². The first-order valence-corrected chi connectivity index (χ1v) is 5.39. The van der Waals surface area contributed by atoms with Crippen molar-refractivity contribution in [2.75, 3.05) is 11.4 Å². The van der Waals surface area contributed by atoms with E-state index in [0.717, 1.165) is 25.1 Å². The van der Waals surface area contributed by atoms with Gasteiger partial charge >= 0.3 is 0 Å². The third-order valence-corrected chi connectivity index (χ3v) is 2.84. The van der Waals surface area contributed by atoms with Crippen LogP contribution in [0.5, 0.6) is 0 Å². The van der Waals surface area contributed by atoms with Crippen LogP contribution < -0.4 is 10.6 Å². The molecule has 80 valence electrons. The molecule has 1 aromatic carbocycles. The molecule has 0 aromatic heterocycles. The predicted molar refractivity (Wildman–Crippen MR) is 61.0 cm³/mol. The Kier molecular flexibility index (Phi) is 2.93. The topological polar surface area (TPSA) is 46.3 Å². The van der Waals surface area contributed by atoms with E-state index < -0.39 is 0 Å². The van der Waals surface area contributed by atoms with Gasteiger partial charge in [0.05, 0.1) is 6.04 Å². The van der Waals surface area contributed by atoms with E-state index in [9.17, 15) is 4.79 Å². The number of benzene rings is 1. The maximum atomic E-state index is 11.8. The fourth-order valence-electron chi connectivity index (χ4n) is 1.80. The van der Waals surface area contributed by atoms with Crippen molar-refractivity contribution in [2.24, 2.45) is 5.73 Å². The fourth-order valence-corrected chi connectivity index (χ4v) is 1.99. The SMILES string of the molecule is NC1CCCN(c2cccc(Cl)c2)C1=O. The molecule has 1 aromatic rings. The van der Waals surface area contributed by atoms with Gasteiger partial charge in [0, 0.05) is 17.3 Å². The van der Waals surface area contributed by atoms with Gasteiger partial charge in [-0.3, -0.25) is 4.79 Å². The minimum atomic E-state index is -0.363. The molecule has 2 N–H and O–H groups in total. The van der Waals surface area contributed by atoms with E-state index >= 15 is 0 Å². The highest BCUT2D eigenvalue weighted by Gasteiger charge is 2.26. The number of rotatable bonds is 1. The number of carbonyl (C=O) groups excluding carboxylic acids is 1. The Morgan fingerprint density at radius 2 is 2.27 bits per heavy atom. The molecule has 2 rings (SSSR count). The number of amides is 1. The first-order chi connectivity index (χ1) is 7.18. The van der Waals surface area contributed by atoms with Crippen molar-refractivity contribution in [1.82, 2.24) is 0 Å². The summed E-state index contributed by atoms with van der Waals surface area (Å²) < 4.78 is 0. The fraction of sp³-hybridized carbons (Fsp3) is 0.364. The van der Waals surface area contributed by atoms with E-state index in [1.54, 1.807) is 17.0 Å². The maximum absolute atomic E-state index is 11.8. The molecule has 4 heteroatoms. The molecule has 1 saturated heterocycles. The van der Waals surface area contributed by atoms with Crippen molar-refractivity contribution in [2.45, 2.75) is 18.9 Å². The Hall–Kier alpha value is -1.06. The van der Waals surface area contributed by atoms with Crippen LogP contribution in [0.15, 0.2) is 24.3 Å². The molecular formula is C11H13ClN2O. The highest BCUT2D eigenvalue weighted by molar-refractivity contribution is 6.30. The molecule has 1 aliphatic rings. The molecule has 0 aliphatic carbocycles. The van der Waals surface area contributed by atoms with Crippen molar-refractivity contribution >= 4 is 23.2 Å². The molecule has 1 unspecified atom stereocenters. The van der Waals surface area contributed by atoms with E-state index in [1.807, 2.05) is 12.1 Å². The van der Waals surface area contributed by atoms with E-state index in [4.69, 9.17) is 17.3 Å². The van der Waals surface area contributed by atoms with Crippen LogP contribution in [0.25, 0.3) is 0 Å². The quantitative estimate of drug-likeness (QED) is 0.791. The molecule has 1 heterocycles. The van der Waals surface area contributed by atoms with Crippen molar-refractivity contribution in [1.29, 1.82) is 0 Å². The van der Waals surface area contributed by atoms with Gasteiger partial charge in [-0.2, -0.15) is 0 Å². The van der Waals surface area contributed by atoms with Gasteiger partial charge in [-0.05, 0) is 31.0 Å². The summed E-state index contributed by atoms with van der Waals surface area (Å²) in [5.74, 6) is -0.0106. The largest absolute Gasteiger partial charge is 0.320 e.